The fraction of sp³-hybridized carbons (Fsp3) is 0.458. The van der Waals surface area contributed by atoms with E-state index in [4.69, 9.17) is 16.3 Å². The Labute approximate surface area is 186 Å². The van der Waals surface area contributed by atoms with Gasteiger partial charge in [0.1, 0.15) is 11.6 Å². The number of benzene rings is 1. The van der Waals surface area contributed by atoms with Gasteiger partial charge < -0.3 is 10.1 Å². The summed E-state index contributed by atoms with van der Waals surface area (Å²) in [5.41, 5.74) is 1.29. The highest BCUT2D eigenvalue weighted by Crippen LogP contribution is 2.69. The molecule has 0 radical (unpaired) electrons. The molecule has 3 aliphatic rings. The second-order valence-electron chi connectivity index (χ2n) is 10.0. The number of rotatable bonds is 7. The molecule has 5 rings (SSSR count). The van der Waals surface area contributed by atoms with Crippen LogP contribution >= 0.6 is 11.6 Å². The lowest BCUT2D eigenvalue weighted by Gasteiger charge is -2.70. The molecule has 0 saturated heterocycles. The molecule has 1 aromatic carbocycles. The monoisotopic (exact) mass is 444 g/mol. The van der Waals surface area contributed by atoms with E-state index in [0.29, 0.717) is 12.0 Å². The number of carbonyl (C=O) groups is 2. The van der Waals surface area contributed by atoms with Gasteiger partial charge in [0.15, 0.2) is 12.4 Å². The van der Waals surface area contributed by atoms with Gasteiger partial charge >= 0.3 is 0 Å². The molecule has 3 saturated carbocycles. The van der Waals surface area contributed by atoms with Crippen molar-refractivity contribution in [3.05, 3.63) is 58.6 Å². The molecule has 7 heteroatoms. The van der Waals surface area contributed by atoms with Crippen molar-refractivity contribution in [2.24, 2.45) is 5.41 Å². The Bertz CT molecular complexity index is 1010. The van der Waals surface area contributed by atoms with Crippen LogP contribution in [0.1, 0.15) is 62.5 Å². The molecule has 0 spiro atoms. The van der Waals surface area contributed by atoms with Crippen molar-refractivity contribution in [1.82, 2.24) is 10.3 Å². The maximum absolute atomic E-state index is 13.4. The number of ether oxygens (including phenoxy) is 1. The number of carbonyl (C=O) groups excluding carboxylic acids is 2. The first kappa shape index (κ1) is 21.8. The van der Waals surface area contributed by atoms with Crippen LogP contribution in [0.2, 0.25) is 5.02 Å². The molecular formula is C24H26ClFN2O3. The van der Waals surface area contributed by atoms with Crippen LogP contribution in [0.4, 0.5) is 4.39 Å². The lowest BCUT2D eigenvalue weighted by molar-refractivity contribution is -0.164. The van der Waals surface area contributed by atoms with Crippen molar-refractivity contribution < 1.29 is 18.7 Å². The Morgan fingerprint density at radius 1 is 1.19 bits per heavy atom. The first-order valence-corrected chi connectivity index (χ1v) is 10.8. The Morgan fingerprint density at radius 3 is 2.48 bits per heavy atom. The molecule has 3 fully saturated rings. The second-order valence-corrected chi connectivity index (χ2v) is 10.4. The van der Waals surface area contributed by atoms with Crippen LogP contribution in [0.25, 0.3) is 0 Å². The smallest absolute Gasteiger partial charge is 0.258 e. The fourth-order valence-electron chi connectivity index (χ4n) is 4.81. The summed E-state index contributed by atoms with van der Waals surface area (Å²) in [5, 5.41) is 3.02. The van der Waals surface area contributed by atoms with Crippen LogP contribution in [-0.2, 0) is 10.2 Å². The molecule has 5 nitrogen and oxygen atoms in total. The highest BCUT2D eigenvalue weighted by Gasteiger charge is 2.68. The first-order chi connectivity index (χ1) is 14.5. The number of halogens is 2. The summed E-state index contributed by atoms with van der Waals surface area (Å²) in [6.07, 6.45) is 4.52. The Kier molecular flexibility index (Phi) is 5.32. The average Bonchev–Trinajstić information content (AvgIpc) is 2.65. The first-order valence-electron chi connectivity index (χ1n) is 10.4. The maximum atomic E-state index is 13.4. The Morgan fingerprint density at radius 2 is 1.90 bits per heavy atom. The van der Waals surface area contributed by atoms with Crippen molar-refractivity contribution in [2.75, 3.05) is 6.61 Å². The number of pyridine rings is 1. The predicted octanol–water partition coefficient (Wildman–Crippen LogP) is 4.86. The zero-order valence-corrected chi connectivity index (χ0v) is 18.7. The van der Waals surface area contributed by atoms with E-state index < -0.39 is 5.82 Å². The van der Waals surface area contributed by atoms with E-state index in [0.717, 1.165) is 31.0 Å². The van der Waals surface area contributed by atoms with E-state index in [9.17, 15) is 14.0 Å². The lowest BCUT2D eigenvalue weighted by atomic mass is 9.38. The lowest BCUT2D eigenvalue weighted by Crippen LogP contribution is -2.75. The van der Waals surface area contributed by atoms with Crippen molar-refractivity contribution >= 4 is 23.3 Å². The van der Waals surface area contributed by atoms with Crippen molar-refractivity contribution in [2.45, 2.75) is 57.4 Å². The number of hydrogen-bond donors (Lipinski definition) is 1. The van der Waals surface area contributed by atoms with Crippen LogP contribution in [0.15, 0.2) is 36.5 Å². The second kappa shape index (κ2) is 7.59. The third-order valence-corrected chi connectivity index (χ3v) is 6.50. The van der Waals surface area contributed by atoms with Gasteiger partial charge in [-0.3, -0.25) is 14.6 Å². The minimum Gasteiger partial charge on any atom is -0.484 e. The summed E-state index contributed by atoms with van der Waals surface area (Å²) in [4.78, 5) is 29.4. The van der Waals surface area contributed by atoms with E-state index in [-0.39, 0.29) is 45.4 Å². The molecule has 0 unspecified atom stereocenters. The summed E-state index contributed by atoms with van der Waals surface area (Å²) >= 11 is 5.64. The highest BCUT2D eigenvalue weighted by atomic mass is 35.5. The van der Waals surface area contributed by atoms with Crippen LogP contribution in [-0.4, -0.2) is 28.8 Å². The molecule has 2 bridgehead atoms. The van der Waals surface area contributed by atoms with Gasteiger partial charge in [-0.1, -0.05) is 32.4 Å². The Balaban J connectivity index is 1.24. The van der Waals surface area contributed by atoms with Gasteiger partial charge in [0.2, 0.25) is 0 Å². The van der Waals surface area contributed by atoms with Gasteiger partial charge in [0.25, 0.3) is 5.91 Å². The molecular weight excluding hydrogens is 419 g/mol. The number of nitrogens with zero attached hydrogens (tertiary/aromatic N) is 1. The average molecular weight is 445 g/mol. The van der Waals surface area contributed by atoms with Crippen molar-refractivity contribution in [3.63, 3.8) is 0 Å². The standard InChI is InChI=1S/C24H26ClFN2O3/c1-22(2,3)20-7-4-15(10-27-20)19(29)9-23-12-24(13-23,14-23)28-21(30)11-31-16-5-6-17(25)18(26)8-16/h4-8,10H,9,11-14H2,1-3H3,(H,28,30). The van der Waals surface area contributed by atoms with Gasteiger partial charge in [-0.05, 0) is 48.9 Å². The molecule has 2 aromatic rings. The number of hydrogen-bond acceptors (Lipinski definition) is 4. The zero-order valence-electron chi connectivity index (χ0n) is 17.9. The van der Waals surface area contributed by atoms with Crippen LogP contribution < -0.4 is 10.1 Å². The topological polar surface area (TPSA) is 68.3 Å². The molecule has 3 aliphatic carbocycles. The van der Waals surface area contributed by atoms with Crippen molar-refractivity contribution in [3.8, 4) is 5.75 Å². The van der Waals surface area contributed by atoms with Gasteiger partial charge in [0, 0.05) is 40.9 Å². The number of Topliss-reactive ketones (excluding diaryl/α,β-unsaturated/α-hetero) is 1. The third kappa shape index (κ3) is 4.45. The van der Waals surface area contributed by atoms with E-state index in [2.05, 4.69) is 31.1 Å². The van der Waals surface area contributed by atoms with Gasteiger partial charge in [-0.2, -0.15) is 0 Å². The van der Waals surface area contributed by atoms with E-state index in [1.165, 1.54) is 12.1 Å². The maximum Gasteiger partial charge on any atom is 0.258 e. The molecule has 31 heavy (non-hydrogen) atoms. The van der Waals surface area contributed by atoms with Crippen LogP contribution in [0.3, 0.4) is 0 Å². The summed E-state index contributed by atoms with van der Waals surface area (Å²) in [6, 6.07) is 7.83. The number of aromatic nitrogens is 1. The molecule has 0 atom stereocenters. The number of nitrogens with one attached hydrogen (secondary N) is 1. The molecule has 1 amide bonds. The van der Waals surface area contributed by atoms with E-state index in [1.54, 1.807) is 6.20 Å². The molecule has 1 aromatic heterocycles. The normalized spacial score (nSPS) is 24.0. The van der Waals surface area contributed by atoms with E-state index >= 15 is 0 Å². The van der Waals surface area contributed by atoms with E-state index in [1.807, 2.05) is 12.1 Å². The molecule has 1 N–H and O–H groups in total. The van der Waals surface area contributed by atoms with Gasteiger partial charge in [-0.25, -0.2) is 4.39 Å². The molecule has 0 aliphatic heterocycles. The number of amides is 1. The largest absolute Gasteiger partial charge is 0.484 e. The SMILES string of the molecule is CC(C)(C)c1ccc(C(=O)CC23CC(NC(=O)COc4ccc(Cl)c(F)c4)(C2)C3)cn1. The zero-order chi connectivity index (χ0) is 22.4. The Hall–Kier alpha value is -2.47. The molecule has 164 valence electrons. The quantitative estimate of drug-likeness (QED) is 0.619. The predicted molar refractivity (Wildman–Crippen MR) is 116 cm³/mol. The third-order valence-electron chi connectivity index (χ3n) is 6.20. The molecule has 1 heterocycles. The summed E-state index contributed by atoms with van der Waals surface area (Å²) in [6.45, 7) is 6.07. The van der Waals surface area contributed by atoms with Gasteiger partial charge in [0.05, 0.1) is 5.02 Å². The van der Waals surface area contributed by atoms with Crippen molar-refractivity contribution in [1.29, 1.82) is 0 Å². The van der Waals surface area contributed by atoms with Crippen LogP contribution in [0.5, 0.6) is 5.75 Å². The minimum atomic E-state index is -0.589. The van der Waals surface area contributed by atoms with Crippen LogP contribution in [0, 0.1) is 11.2 Å². The summed E-state index contributed by atoms with van der Waals surface area (Å²) < 4.78 is 18.8. The fourth-order valence-corrected chi connectivity index (χ4v) is 4.93. The summed E-state index contributed by atoms with van der Waals surface area (Å²) in [7, 11) is 0. The number of ketones is 1. The highest BCUT2D eigenvalue weighted by molar-refractivity contribution is 6.30. The summed E-state index contributed by atoms with van der Waals surface area (Å²) in [5.74, 6) is -0.491. The minimum absolute atomic E-state index is 0.00596. The van der Waals surface area contributed by atoms with Gasteiger partial charge in [-0.15, -0.1) is 0 Å².